The molecule has 0 atom stereocenters. The summed E-state index contributed by atoms with van der Waals surface area (Å²) in [5.74, 6) is 0. The van der Waals surface area contributed by atoms with Gasteiger partial charge in [0, 0.05) is 0 Å². The topological polar surface area (TPSA) is 0 Å². The molecule has 0 aromatic rings. The first-order valence-electron chi connectivity index (χ1n) is 3.50. The summed E-state index contributed by atoms with van der Waals surface area (Å²) in [5, 5.41) is 0. The van der Waals surface area contributed by atoms with Crippen molar-refractivity contribution in [3.8, 4) is 0 Å². The van der Waals surface area contributed by atoms with E-state index in [0.717, 1.165) is 10.6 Å². The molecular formula is C7H11F3V. The first-order chi connectivity index (χ1) is 4.92. The Bertz CT molecular complexity index is 128. The molecule has 11 heavy (non-hydrogen) atoms. The van der Waals surface area contributed by atoms with Crippen LogP contribution in [0, 0.1) is 0 Å². The van der Waals surface area contributed by atoms with Crippen LogP contribution in [0.25, 0.3) is 0 Å². The number of halogens is 3. The quantitative estimate of drug-likeness (QED) is 0.616. The molecule has 0 radical (unpaired) electrons. The standard InChI is InChI=1S/C7H11F3.V/c1-2-3-4-5-6-7(8,9)10;/h3-6H2,1H3;. The fourth-order valence-electron chi connectivity index (χ4n) is 0.706. The van der Waals surface area contributed by atoms with Gasteiger partial charge in [0.1, 0.15) is 0 Å². The Labute approximate surface area is 73.7 Å². The summed E-state index contributed by atoms with van der Waals surface area (Å²) in [4.78, 5) is 0. The number of hydrogen-bond acceptors (Lipinski definition) is 0. The van der Waals surface area contributed by atoms with Crippen molar-refractivity contribution < 1.29 is 30.2 Å². The fraction of sp³-hybridized carbons (Fsp3) is 0.857. The number of hydrogen-bond donors (Lipinski definition) is 0. The predicted octanol–water partition coefficient (Wildman–Crippen LogP) is 2.85. The van der Waals surface area contributed by atoms with Crippen molar-refractivity contribution >= 4 is 4.23 Å². The van der Waals surface area contributed by atoms with Crippen LogP contribution in [-0.2, 0) is 17.0 Å². The molecule has 0 aliphatic carbocycles. The van der Waals surface area contributed by atoms with Gasteiger partial charge in [0.25, 0.3) is 0 Å². The molecule has 0 amide bonds. The summed E-state index contributed by atoms with van der Waals surface area (Å²) in [7, 11) is 0. The van der Waals surface area contributed by atoms with E-state index in [0.29, 0.717) is 6.42 Å². The first kappa shape index (κ1) is 11.2. The Morgan fingerprint density at radius 2 is 1.82 bits per heavy atom. The van der Waals surface area contributed by atoms with Gasteiger partial charge < -0.3 is 0 Å². The van der Waals surface area contributed by atoms with Crippen LogP contribution in [0.3, 0.4) is 0 Å². The van der Waals surface area contributed by atoms with Gasteiger partial charge in [-0.05, 0) is 0 Å². The Hall–Kier alpha value is 0.244. The van der Waals surface area contributed by atoms with Crippen molar-refractivity contribution in [2.24, 2.45) is 0 Å². The molecule has 0 aromatic heterocycles. The average molecular weight is 203 g/mol. The van der Waals surface area contributed by atoms with Crippen molar-refractivity contribution in [1.82, 2.24) is 0 Å². The monoisotopic (exact) mass is 203 g/mol. The SMILES string of the molecule is C[C](=[V])CCCCC(F)(F)F. The molecule has 0 bridgehead atoms. The van der Waals surface area contributed by atoms with E-state index in [4.69, 9.17) is 0 Å². The van der Waals surface area contributed by atoms with Gasteiger partial charge in [0.05, 0.1) is 0 Å². The second-order valence-corrected chi connectivity index (χ2v) is 3.75. The van der Waals surface area contributed by atoms with E-state index in [2.05, 4.69) is 17.0 Å². The Morgan fingerprint density at radius 3 is 2.18 bits per heavy atom. The van der Waals surface area contributed by atoms with Crippen molar-refractivity contribution in [1.29, 1.82) is 0 Å². The molecule has 0 heterocycles. The van der Waals surface area contributed by atoms with Crippen molar-refractivity contribution in [3.05, 3.63) is 0 Å². The number of rotatable bonds is 4. The van der Waals surface area contributed by atoms with Crippen LogP contribution >= 0.6 is 0 Å². The summed E-state index contributed by atoms with van der Waals surface area (Å²) >= 11 is 2.36. The number of alkyl halides is 3. The van der Waals surface area contributed by atoms with Crippen LogP contribution in [-0.4, -0.2) is 10.4 Å². The van der Waals surface area contributed by atoms with Gasteiger partial charge in [0.15, 0.2) is 0 Å². The molecule has 0 fully saturated rings. The van der Waals surface area contributed by atoms with Gasteiger partial charge in [-0.1, -0.05) is 0 Å². The minimum atomic E-state index is -3.98. The zero-order valence-electron chi connectivity index (χ0n) is 6.41. The molecule has 0 saturated carbocycles. The third-order valence-electron chi connectivity index (χ3n) is 1.25. The Morgan fingerprint density at radius 1 is 1.27 bits per heavy atom. The Kier molecular flexibility index (Phi) is 5.10. The molecule has 0 nitrogen and oxygen atoms in total. The van der Waals surface area contributed by atoms with Crippen molar-refractivity contribution in [2.75, 3.05) is 0 Å². The van der Waals surface area contributed by atoms with E-state index >= 15 is 0 Å². The van der Waals surface area contributed by atoms with E-state index in [1.54, 1.807) is 0 Å². The summed E-state index contributed by atoms with van der Waals surface area (Å²) in [6.07, 6.45) is -2.95. The molecule has 4 heteroatoms. The van der Waals surface area contributed by atoms with E-state index in [1.165, 1.54) is 0 Å². The minimum absolute atomic E-state index is 0.249. The molecule has 0 unspecified atom stereocenters. The van der Waals surface area contributed by atoms with Gasteiger partial charge in [-0.15, -0.1) is 0 Å². The normalized spacial score (nSPS) is 11.5. The van der Waals surface area contributed by atoms with Crippen LogP contribution in [0.5, 0.6) is 0 Å². The predicted molar refractivity (Wildman–Crippen MR) is 35.2 cm³/mol. The second-order valence-electron chi connectivity index (χ2n) is 2.56. The molecule has 0 rings (SSSR count). The molecule has 65 valence electrons. The van der Waals surface area contributed by atoms with Gasteiger partial charge in [0.2, 0.25) is 0 Å². The second kappa shape index (κ2) is 4.99. The first-order valence-corrected chi connectivity index (χ1v) is 4.20. The Balaban J connectivity index is 3.22. The molecule has 0 aliphatic heterocycles. The summed E-state index contributed by atoms with van der Waals surface area (Å²) < 4.78 is 35.8. The third kappa shape index (κ3) is 10.2. The zero-order chi connectivity index (χ0) is 8.91. The summed E-state index contributed by atoms with van der Waals surface area (Å²) in [6.45, 7) is 1.91. The molecule has 0 N–H and O–H groups in total. The molecule has 0 saturated heterocycles. The maximum atomic E-state index is 11.6. The maximum absolute atomic E-state index is 11.6. The molecule has 0 aliphatic rings. The average Bonchev–Trinajstić information content (AvgIpc) is 1.78. The van der Waals surface area contributed by atoms with E-state index in [-0.39, 0.29) is 6.42 Å². The van der Waals surface area contributed by atoms with Gasteiger partial charge in [-0.2, -0.15) is 0 Å². The van der Waals surface area contributed by atoms with Crippen LogP contribution in [0.15, 0.2) is 0 Å². The number of unbranched alkanes of at least 4 members (excludes halogenated alkanes) is 1. The van der Waals surface area contributed by atoms with Crippen LogP contribution in [0.2, 0.25) is 0 Å². The molecular weight excluding hydrogens is 192 g/mol. The molecule has 0 spiro atoms. The van der Waals surface area contributed by atoms with Gasteiger partial charge in [-0.25, -0.2) is 0 Å². The summed E-state index contributed by atoms with van der Waals surface area (Å²) in [6, 6.07) is 0. The van der Waals surface area contributed by atoms with Gasteiger partial charge in [-0.3, -0.25) is 0 Å². The van der Waals surface area contributed by atoms with E-state index in [1.807, 2.05) is 6.92 Å². The summed E-state index contributed by atoms with van der Waals surface area (Å²) in [5.41, 5.74) is 0. The van der Waals surface area contributed by atoms with E-state index < -0.39 is 12.6 Å². The fourth-order valence-corrected chi connectivity index (χ4v) is 0.953. The van der Waals surface area contributed by atoms with E-state index in [9.17, 15) is 13.2 Å². The van der Waals surface area contributed by atoms with Crippen LogP contribution in [0.4, 0.5) is 13.2 Å². The van der Waals surface area contributed by atoms with Crippen LogP contribution in [0.1, 0.15) is 32.6 Å². The third-order valence-corrected chi connectivity index (χ3v) is 1.60. The molecule has 0 aromatic carbocycles. The van der Waals surface area contributed by atoms with Gasteiger partial charge >= 0.3 is 73.2 Å². The van der Waals surface area contributed by atoms with Crippen molar-refractivity contribution in [2.45, 2.75) is 38.8 Å². The zero-order valence-corrected chi connectivity index (χ0v) is 7.81. The van der Waals surface area contributed by atoms with Crippen molar-refractivity contribution in [3.63, 3.8) is 0 Å². The van der Waals surface area contributed by atoms with Crippen LogP contribution < -0.4 is 0 Å².